The minimum atomic E-state index is -1.15. The Morgan fingerprint density at radius 1 is 0.545 bits per heavy atom. The van der Waals surface area contributed by atoms with E-state index in [1.165, 1.54) is 36.4 Å². The molecule has 0 radical (unpaired) electrons. The molecular formula is C36H26O8. The first kappa shape index (κ1) is 29.5. The molecule has 5 aromatic rings. The summed E-state index contributed by atoms with van der Waals surface area (Å²) < 4.78 is 11.1. The van der Waals surface area contributed by atoms with E-state index < -0.39 is 57.4 Å². The summed E-state index contributed by atoms with van der Waals surface area (Å²) in [6.45, 7) is 1.59. The fourth-order valence-electron chi connectivity index (χ4n) is 4.62. The molecule has 8 nitrogen and oxygen atoms in total. The minimum absolute atomic E-state index is 0.0562. The fraction of sp³-hybridized carbons (Fsp3) is 0.0556. The van der Waals surface area contributed by atoms with Crippen molar-refractivity contribution >= 4 is 23.5 Å². The van der Waals surface area contributed by atoms with Crippen molar-refractivity contribution in [1.29, 1.82) is 0 Å². The molecule has 8 heteroatoms. The van der Waals surface area contributed by atoms with Crippen molar-refractivity contribution in [1.82, 2.24) is 0 Å². The van der Waals surface area contributed by atoms with Crippen molar-refractivity contribution in [3.8, 4) is 17.2 Å². The van der Waals surface area contributed by atoms with Crippen LogP contribution in [0.1, 0.15) is 63.7 Å². The molecule has 5 aromatic carbocycles. The lowest BCUT2D eigenvalue weighted by molar-refractivity contribution is 0.0464. The molecule has 0 spiro atoms. The second kappa shape index (κ2) is 12.9. The van der Waals surface area contributed by atoms with Crippen LogP contribution in [0.4, 0.5) is 0 Å². The Labute approximate surface area is 252 Å². The van der Waals surface area contributed by atoms with Gasteiger partial charge in [0.2, 0.25) is 5.75 Å². The highest BCUT2D eigenvalue weighted by Crippen LogP contribution is 2.46. The number of hydrogen-bond donors (Lipinski definition) is 2. The summed E-state index contributed by atoms with van der Waals surface area (Å²) in [5, 5.41) is 22.5. The summed E-state index contributed by atoms with van der Waals surface area (Å²) in [5.41, 5.74) is -0.292. The van der Waals surface area contributed by atoms with Crippen molar-refractivity contribution in [2.24, 2.45) is 0 Å². The SMILES string of the molecule is Cc1ccccc1COC(=O)c1c(C(=O)c2ccccc2)c(O)c(O)c(OC(=O)c2ccccc2)c1C(=O)c1ccccc1. The molecule has 5 rings (SSSR count). The number of rotatable bonds is 9. The smallest absolute Gasteiger partial charge is 0.343 e. The first-order valence-electron chi connectivity index (χ1n) is 13.6. The zero-order valence-corrected chi connectivity index (χ0v) is 23.5. The van der Waals surface area contributed by atoms with Gasteiger partial charge in [-0.1, -0.05) is 103 Å². The number of ketones is 2. The third kappa shape index (κ3) is 5.96. The van der Waals surface area contributed by atoms with E-state index in [9.17, 15) is 29.4 Å². The van der Waals surface area contributed by atoms with Gasteiger partial charge in [-0.15, -0.1) is 0 Å². The van der Waals surface area contributed by atoms with Gasteiger partial charge < -0.3 is 19.7 Å². The summed E-state index contributed by atoms with van der Waals surface area (Å²) in [4.78, 5) is 55.1. The molecule has 0 atom stereocenters. The summed E-state index contributed by atoms with van der Waals surface area (Å²) in [5.74, 6) is -6.78. The summed E-state index contributed by atoms with van der Waals surface area (Å²) in [7, 11) is 0. The van der Waals surface area contributed by atoms with E-state index in [4.69, 9.17) is 9.47 Å². The van der Waals surface area contributed by atoms with Crippen LogP contribution in [-0.2, 0) is 11.3 Å². The maximum Gasteiger partial charge on any atom is 0.343 e. The third-order valence-electron chi connectivity index (χ3n) is 6.96. The van der Waals surface area contributed by atoms with Crippen LogP contribution >= 0.6 is 0 Å². The lowest BCUT2D eigenvalue weighted by atomic mass is 9.88. The van der Waals surface area contributed by atoms with E-state index in [0.29, 0.717) is 5.56 Å². The average molecular weight is 587 g/mol. The fourth-order valence-corrected chi connectivity index (χ4v) is 4.62. The van der Waals surface area contributed by atoms with Gasteiger partial charge in [-0.25, -0.2) is 9.59 Å². The number of ether oxygens (including phenoxy) is 2. The molecular weight excluding hydrogens is 560 g/mol. The van der Waals surface area contributed by atoms with Crippen molar-refractivity contribution in [3.63, 3.8) is 0 Å². The van der Waals surface area contributed by atoms with Crippen molar-refractivity contribution in [2.75, 3.05) is 0 Å². The molecule has 2 N–H and O–H groups in total. The maximum absolute atomic E-state index is 14.1. The molecule has 0 amide bonds. The standard InChI is InChI=1S/C36H26O8/c1-22-13-11-12-20-26(22)21-43-36(42)27-28(30(37)23-14-5-2-6-15-23)32(39)33(40)34(44-35(41)25-18-9-4-10-19-25)29(27)31(38)24-16-7-3-8-17-24/h2-20,39-40H,21H2,1H3. The predicted molar refractivity (Wildman–Crippen MR) is 161 cm³/mol. The summed E-state index contributed by atoms with van der Waals surface area (Å²) >= 11 is 0. The monoisotopic (exact) mass is 586 g/mol. The predicted octanol–water partition coefficient (Wildman–Crippen LogP) is 6.44. The van der Waals surface area contributed by atoms with Crippen LogP contribution in [-0.4, -0.2) is 33.7 Å². The quantitative estimate of drug-likeness (QED) is 0.0874. The zero-order valence-electron chi connectivity index (χ0n) is 23.5. The molecule has 0 unspecified atom stereocenters. The van der Waals surface area contributed by atoms with Gasteiger partial charge in [-0.3, -0.25) is 9.59 Å². The Morgan fingerprint density at radius 2 is 1.02 bits per heavy atom. The van der Waals surface area contributed by atoms with Crippen molar-refractivity contribution < 1.29 is 38.9 Å². The highest BCUT2D eigenvalue weighted by atomic mass is 16.5. The molecule has 44 heavy (non-hydrogen) atoms. The van der Waals surface area contributed by atoms with E-state index in [2.05, 4.69) is 0 Å². The van der Waals surface area contributed by atoms with Crippen molar-refractivity contribution in [2.45, 2.75) is 13.5 Å². The molecule has 0 aliphatic rings. The van der Waals surface area contributed by atoms with Crippen LogP contribution in [0, 0.1) is 6.92 Å². The molecule has 0 aliphatic carbocycles. The summed E-state index contributed by atoms with van der Waals surface area (Å²) in [6, 6.07) is 30.3. The van der Waals surface area contributed by atoms with Gasteiger partial charge in [0.15, 0.2) is 23.1 Å². The maximum atomic E-state index is 14.1. The lowest BCUT2D eigenvalue weighted by Gasteiger charge is -2.20. The van der Waals surface area contributed by atoms with Gasteiger partial charge >= 0.3 is 11.9 Å². The molecule has 0 fully saturated rings. The molecule has 0 saturated heterocycles. The number of phenols is 2. The van der Waals surface area contributed by atoms with Crippen LogP contribution in [0.25, 0.3) is 0 Å². The van der Waals surface area contributed by atoms with Crippen LogP contribution in [0.5, 0.6) is 17.2 Å². The second-order valence-electron chi connectivity index (χ2n) is 9.80. The van der Waals surface area contributed by atoms with Gasteiger partial charge in [-0.2, -0.15) is 0 Å². The summed E-state index contributed by atoms with van der Waals surface area (Å²) in [6.07, 6.45) is 0. The first-order chi connectivity index (χ1) is 21.3. The molecule has 0 saturated carbocycles. The second-order valence-corrected chi connectivity index (χ2v) is 9.80. The molecule has 0 aromatic heterocycles. The number of phenolic OH excluding ortho intramolecular Hbond substituents is 2. The number of benzene rings is 5. The first-order valence-corrected chi connectivity index (χ1v) is 13.6. The van der Waals surface area contributed by atoms with E-state index in [-0.39, 0.29) is 23.3 Å². The largest absolute Gasteiger partial charge is 0.504 e. The van der Waals surface area contributed by atoms with E-state index >= 15 is 0 Å². The molecule has 0 heterocycles. The van der Waals surface area contributed by atoms with Crippen LogP contribution in [0.15, 0.2) is 115 Å². The minimum Gasteiger partial charge on any atom is -0.504 e. The van der Waals surface area contributed by atoms with Crippen LogP contribution < -0.4 is 4.74 Å². The van der Waals surface area contributed by atoms with Crippen LogP contribution in [0.3, 0.4) is 0 Å². The van der Waals surface area contributed by atoms with E-state index in [1.54, 1.807) is 66.7 Å². The zero-order chi connectivity index (χ0) is 31.2. The Balaban J connectivity index is 1.76. The third-order valence-corrected chi connectivity index (χ3v) is 6.96. The average Bonchev–Trinajstić information content (AvgIpc) is 3.06. The topological polar surface area (TPSA) is 127 Å². The number of carbonyl (C=O) groups excluding carboxylic acids is 4. The van der Waals surface area contributed by atoms with Gasteiger partial charge in [0.1, 0.15) is 6.61 Å². The molecule has 218 valence electrons. The number of esters is 2. The Kier molecular flexibility index (Phi) is 8.62. The molecule has 0 aliphatic heterocycles. The Bertz CT molecular complexity index is 1860. The highest BCUT2D eigenvalue weighted by Gasteiger charge is 2.37. The van der Waals surface area contributed by atoms with Crippen LogP contribution in [0.2, 0.25) is 0 Å². The van der Waals surface area contributed by atoms with Crippen molar-refractivity contribution in [3.05, 3.63) is 160 Å². The highest BCUT2D eigenvalue weighted by molar-refractivity contribution is 6.24. The number of hydrogen-bond acceptors (Lipinski definition) is 8. The Hall–Kier alpha value is -6.02. The van der Waals surface area contributed by atoms with Gasteiger partial charge in [-0.05, 0) is 30.2 Å². The van der Waals surface area contributed by atoms with E-state index in [0.717, 1.165) is 5.56 Å². The normalized spacial score (nSPS) is 10.6. The number of aromatic hydroxyl groups is 2. The van der Waals surface area contributed by atoms with Gasteiger partial charge in [0.25, 0.3) is 0 Å². The number of carbonyl (C=O) groups is 4. The lowest BCUT2D eigenvalue weighted by Crippen LogP contribution is -2.21. The number of aryl methyl sites for hydroxylation is 1. The molecule has 0 bridgehead atoms. The van der Waals surface area contributed by atoms with Gasteiger partial charge in [0.05, 0.1) is 22.3 Å². The van der Waals surface area contributed by atoms with Gasteiger partial charge in [0, 0.05) is 11.1 Å². The Morgan fingerprint density at radius 3 is 1.57 bits per heavy atom. The van der Waals surface area contributed by atoms with E-state index in [1.807, 2.05) is 19.1 Å².